The SMILES string of the molecule is Cc1cccc(Cn2cc(NC(=O)c3noc4c3CC(C)CC4)cn2)c1. The van der Waals surface area contributed by atoms with Crippen LogP contribution in [-0.4, -0.2) is 20.8 Å². The molecular weight excluding hydrogens is 328 g/mol. The van der Waals surface area contributed by atoms with Crippen LogP contribution >= 0.6 is 0 Å². The van der Waals surface area contributed by atoms with Crippen molar-refractivity contribution in [1.82, 2.24) is 14.9 Å². The number of anilines is 1. The summed E-state index contributed by atoms with van der Waals surface area (Å²) in [6.07, 6.45) is 6.26. The number of nitrogens with zero attached hydrogens (tertiary/aromatic N) is 3. The molecular formula is C20H22N4O2. The third kappa shape index (κ3) is 3.40. The van der Waals surface area contributed by atoms with Crippen molar-refractivity contribution in [2.75, 3.05) is 5.32 Å². The smallest absolute Gasteiger partial charge is 0.278 e. The number of fused-ring (bicyclic) bond motifs is 1. The summed E-state index contributed by atoms with van der Waals surface area (Å²) in [6.45, 7) is 4.92. The van der Waals surface area contributed by atoms with Crippen molar-refractivity contribution in [2.24, 2.45) is 5.92 Å². The van der Waals surface area contributed by atoms with Crippen molar-refractivity contribution in [1.29, 1.82) is 0 Å². The van der Waals surface area contributed by atoms with Crippen LogP contribution < -0.4 is 5.32 Å². The number of aromatic nitrogens is 3. The number of hydrogen-bond acceptors (Lipinski definition) is 4. The summed E-state index contributed by atoms with van der Waals surface area (Å²) >= 11 is 0. The first-order valence-corrected chi connectivity index (χ1v) is 8.95. The molecule has 1 amide bonds. The van der Waals surface area contributed by atoms with Gasteiger partial charge in [-0.1, -0.05) is 41.9 Å². The quantitative estimate of drug-likeness (QED) is 0.780. The first-order chi connectivity index (χ1) is 12.6. The van der Waals surface area contributed by atoms with Crippen LogP contribution in [0, 0.1) is 12.8 Å². The zero-order valence-electron chi connectivity index (χ0n) is 15.0. The molecule has 0 saturated carbocycles. The normalized spacial score (nSPS) is 16.3. The van der Waals surface area contributed by atoms with Crippen LogP contribution in [0.5, 0.6) is 0 Å². The first kappa shape index (κ1) is 16.6. The highest BCUT2D eigenvalue weighted by Crippen LogP contribution is 2.28. The van der Waals surface area contributed by atoms with Crippen molar-refractivity contribution in [3.8, 4) is 0 Å². The van der Waals surface area contributed by atoms with Crippen LogP contribution in [0.25, 0.3) is 0 Å². The van der Waals surface area contributed by atoms with Crippen molar-refractivity contribution in [3.05, 3.63) is 64.8 Å². The standard InChI is InChI=1S/C20H22N4O2/c1-13-4-3-5-15(8-13)11-24-12-16(10-21-24)22-20(25)19-17-9-14(2)6-7-18(17)26-23-19/h3-5,8,10,12,14H,6-7,9,11H2,1-2H3,(H,22,25). The number of hydrogen-bond donors (Lipinski definition) is 1. The molecule has 26 heavy (non-hydrogen) atoms. The molecule has 4 rings (SSSR count). The average Bonchev–Trinajstić information content (AvgIpc) is 3.21. The highest BCUT2D eigenvalue weighted by atomic mass is 16.5. The minimum Gasteiger partial charge on any atom is -0.360 e. The fraction of sp³-hybridized carbons (Fsp3) is 0.350. The molecule has 0 aliphatic heterocycles. The van der Waals surface area contributed by atoms with Gasteiger partial charge in [-0.25, -0.2) is 0 Å². The number of nitrogens with one attached hydrogen (secondary N) is 1. The molecule has 2 aromatic heterocycles. The minimum atomic E-state index is -0.237. The van der Waals surface area contributed by atoms with Crippen molar-refractivity contribution < 1.29 is 9.32 Å². The molecule has 0 bridgehead atoms. The Hall–Kier alpha value is -2.89. The van der Waals surface area contributed by atoms with Crippen LogP contribution in [-0.2, 0) is 19.4 Å². The lowest BCUT2D eigenvalue weighted by molar-refractivity contribution is 0.101. The molecule has 1 aliphatic rings. The van der Waals surface area contributed by atoms with E-state index in [2.05, 4.69) is 47.6 Å². The summed E-state index contributed by atoms with van der Waals surface area (Å²) in [5.41, 5.74) is 4.40. The molecule has 1 N–H and O–H groups in total. The second-order valence-electron chi connectivity index (χ2n) is 7.15. The molecule has 1 aromatic carbocycles. The Morgan fingerprint density at radius 2 is 2.31 bits per heavy atom. The second-order valence-corrected chi connectivity index (χ2v) is 7.15. The molecule has 134 valence electrons. The minimum absolute atomic E-state index is 0.237. The van der Waals surface area contributed by atoms with Crippen LogP contribution in [0.1, 0.15) is 46.3 Å². The molecule has 6 heteroatoms. The third-order valence-electron chi connectivity index (χ3n) is 4.82. The van der Waals surface area contributed by atoms with E-state index in [9.17, 15) is 4.79 Å². The summed E-state index contributed by atoms with van der Waals surface area (Å²) in [5, 5.41) is 11.2. The summed E-state index contributed by atoms with van der Waals surface area (Å²) < 4.78 is 7.17. The maximum atomic E-state index is 12.6. The Balaban J connectivity index is 1.46. The molecule has 1 atom stereocenters. The molecule has 1 unspecified atom stereocenters. The van der Waals surface area contributed by atoms with Gasteiger partial charge in [-0.2, -0.15) is 5.10 Å². The van der Waals surface area contributed by atoms with E-state index in [0.29, 0.717) is 23.8 Å². The largest absolute Gasteiger partial charge is 0.360 e. The predicted molar refractivity (Wildman–Crippen MR) is 98.2 cm³/mol. The van der Waals surface area contributed by atoms with Crippen LogP contribution in [0.3, 0.4) is 0 Å². The summed E-state index contributed by atoms with van der Waals surface area (Å²) in [7, 11) is 0. The van der Waals surface area contributed by atoms with E-state index in [4.69, 9.17) is 4.52 Å². The van der Waals surface area contributed by atoms with Crippen LogP contribution in [0.4, 0.5) is 5.69 Å². The molecule has 6 nitrogen and oxygen atoms in total. The maximum Gasteiger partial charge on any atom is 0.278 e. The maximum absolute atomic E-state index is 12.6. The van der Waals surface area contributed by atoms with Gasteiger partial charge in [-0.3, -0.25) is 9.48 Å². The predicted octanol–water partition coefficient (Wildman–Crippen LogP) is 3.60. The summed E-state index contributed by atoms with van der Waals surface area (Å²) in [5.74, 6) is 1.16. The molecule has 0 spiro atoms. The van der Waals surface area contributed by atoms with Crippen molar-refractivity contribution >= 4 is 11.6 Å². The highest BCUT2D eigenvalue weighted by Gasteiger charge is 2.27. The molecule has 1 aliphatic carbocycles. The first-order valence-electron chi connectivity index (χ1n) is 8.95. The van der Waals surface area contributed by atoms with Gasteiger partial charge in [0.05, 0.1) is 18.4 Å². The van der Waals surface area contributed by atoms with Crippen molar-refractivity contribution in [2.45, 2.75) is 39.7 Å². The van der Waals surface area contributed by atoms with Gasteiger partial charge in [0.15, 0.2) is 5.69 Å². The van der Waals surface area contributed by atoms with Gasteiger partial charge in [-0.15, -0.1) is 0 Å². The number of amides is 1. The molecule has 3 aromatic rings. The summed E-state index contributed by atoms with van der Waals surface area (Å²) in [6, 6.07) is 8.29. The topological polar surface area (TPSA) is 73.0 Å². The number of carbonyl (C=O) groups excluding carboxylic acids is 1. The Kier molecular flexibility index (Phi) is 4.32. The van der Waals surface area contributed by atoms with Crippen LogP contribution in [0.15, 0.2) is 41.2 Å². The Bertz CT molecular complexity index is 941. The number of aryl methyl sites for hydroxylation is 2. The van der Waals surface area contributed by atoms with E-state index in [1.54, 1.807) is 6.20 Å². The number of rotatable bonds is 4. The van der Waals surface area contributed by atoms with Gasteiger partial charge >= 0.3 is 0 Å². The summed E-state index contributed by atoms with van der Waals surface area (Å²) in [4.78, 5) is 12.6. The highest BCUT2D eigenvalue weighted by molar-refractivity contribution is 6.03. The van der Waals surface area contributed by atoms with E-state index in [1.165, 1.54) is 11.1 Å². The molecule has 0 radical (unpaired) electrons. The zero-order valence-corrected chi connectivity index (χ0v) is 15.0. The Morgan fingerprint density at radius 1 is 1.42 bits per heavy atom. The van der Waals surface area contributed by atoms with E-state index in [0.717, 1.165) is 30.6 Å². The molecule has 2 heterocycles. The van der Waals surface area contributed by atoms with E-state index >= 15 is 0 Å². The van der Waals surface area contributed by atoms with Crippen molar-refractivity contribution in [3.63, 3.8) is 0 Å². The zero-order chi connectivity index (χ0) is 18.1. The Morgan fingerprint density at radius 3 is 3.15 bits per heavy atom. The van der Waals surface area contributed by atoms with Crippen LogP contribution in [0.2, 0.25) is 0 Å². The fourth-order valence-electron chi connectivity index (χ4n) is 3.46. The average molecular weight is 350 g/mol. The van der Waals surface area contributed by atoms with Gasteiger partial charge in [0, 0.05) is 18.2 Å². The lowest BCUT2D eigenvalue weighted by atomic mass is 9.88. The lowest BCUT2D eigenvalue weighted by Crippen LogP contribution is -2.17. The van der Waals surface area contributed by atoms with E-state index in [1.807, 2.05) is 16.9 Å². The van der Waals surface area contributed by atoms with Gasteiger partial charge in [-0.05, 0) is 31.2 Å². The van der Waals surface area contributed by atoms with E-state index < -0.39 is 0 Å². The molecule has 0 fully saturated rings. The third-order valence-corrected chi connectivity index (χ3v) is 4.82. The lowest BCUT2D eigenvalue weighted by Gasteiger charge is -2.16. The van der Waals surface area contributed by atoms with Gasteiger partial charge in [0.1, 0.15) is 5.76 Å². The van der Waals surface area contributed by atoms with E-state index in [-0.39, 0.29) is 5.91 Å². The second kappa shape index (κ2) is 6.78. The number of benzene rings is 1. The molecule has 0 saturated heterocycles. The van der Waals surface area contributed by atoms with Gasteiger partial charge < -0.3 is 9.84 Å². The fourth-order valence-corrected chi connectivity index (χ4v) is 3.46. The number of carbonyl (C=O) groups is 1. The monoisotopic (exact) mass is 350 g/mol. The van der Waals surface area contributed by atoms with Gasteiger partial charge in [0.2, 0.25) is 0 Å². The Labute approximate surface area is 152 Å². The van der Waals surface area contributed by atoms with Gasteiger partial charge in [0.25, 0.3) is 5.91 Å².